The molecule has 5 aliphatic rings. The van der Waals surface area contributed by atoms with Crippen LogP contribution < -0.4 is 0 Å². The van der Waals surface area contributed by atoms with Crippen LogP contribution in [0.25, 0.3) is 0 Å². The first kappa shape index (κ1) is 24.4. The summed E-state index contributed by atoms with van der Waals surface area (Å²) in [6.45, 7) is 14.2. The molecule has 0 radical (unpaired) electrons. The molecule has 0 aromatic carbocycles. The molecule has 0 aliphatic heterocycles. The second-order valence-electron chi connectivity index (χ2n) is 14.6. The van der Waals surface area contributed by atoms with E-state index >= 15 is 0 Å². The van der Waals surface area contributed by atoms with Gasteiger partial charge in [0.1, 0.15) is 11.5 Å². The molecule has 0 amide bonds. The minimum atomic E-state index is -0.148. The van der Waals surface area contributed by atoms with Crippen LogP contribution in [0.4, 0.5) is 0 Å². The van der Waals surface area contributed by atoms with Crippen LogP contribution in [0.15, 0.2) is 11.3 Å². The van der Waals surface area contributed by atoms with Crippen molar-refractivity contribution in [3.05, 3.63) is 11.3 Å². The quantitative estimate of drug-likeness (QED) is 0.455. The van der Waals surface area contributed by atoms with Crippen molar-refractivity contribution < 1.29 is 15.0 Å². The summed E-state index contributed by atoms with van der Waals surface area (Å²) in [6.07, 6.45) is 8.55. The fourth-order valence-electron chi connectivity index (χ4n) is 10.6. The van der Waals surface area contributed by atoms with E-state index in [0.717, 1.165) is 44.9 Å². The Hall–Kier alpha value is -1.34. The molecule has 5 rings (SSSR count). The van der Waals surface area contributed by atoms with Crippen molar-refractivity contribution in [2.24, 2.45) is 56.7 Å². The zero-order valence-electron chi connectivity index (χ0n) is 22.2. The third-order valence-corrected chi connectivity index (χ3v) is 12.9. The number of fused-ring (bicyclic) bond motifs is 7. The summed E-state index contributed by atoms with van der Waals surface area (Å²) < 4.78 is 0. The van der Waals surface area contributed by atoms with Crippen molar-refractivity contribution in [2.45, 2.75) is 99.3 Å². The zero-order chi connectivity index (χ0) is 24.9. The number of hydrogen-bond acceptors (Lipinski definition) is 4. The summed E-state index contributed by atoms with van der Waals surface area (Å²) in [5.74, 6) is 1.50. The lowest BCUT2D eigenvalue weighted by atomic mass is 9.32. The molecule has 188 valence electrons. The van der Waals surface area contributed by atoms with E-state index in [1.165, 1.54) is 0 Å². The monoisotopic (exact) mass is 467 g/mol. The topological polar surface area (TPSA) is 81.3 Å². The number of allylic oxidation sites excluding steroid dienone is 2. The van der Waals surface area contributed by atoms with E-state index in [4.69, 9.17) is 0 Å². The Bertz CT molecular complexity index is 976. The summed E-state index contributed by atoms with van der Waals surface area (Å²) in [6, 6.07) is 2.30. The molecule has 5 aliphatic carbocycles. The first-order valence-corrected chi connectivity index (χ1v) is 13.7. The maximum Gasteiger partial charge on any atom is 0.137 e. The van der Waals surface area contributed by atoms with Crippen LogP contribution in [0.3, 0.4) is 0 Å². The summed E-state index contributed by atoms with van der Waals surface area (Å²) >= 11 is 0. The summed E-state index contributed by atoms with van der Waals surface area (Å²) in [5.41, 5.74) is 0.440. The summed E-state index contributed by atoms with van der Waals surface area (Å²) in [4.78, 5) is 14.3. The summed E-state index contributed by atoms with van der Waals surface area (Å²) in [5, 5.41) is 31.2. The van der Waals surface area contributed by atoms with Gasteiger partial charge in [0, 0.05) is 24.9 Å². The van der Waals surface area contributed by atoms with Gasteiger partial charge < -0.3 is 10.2 Å². The van der Waals surface area contributed by atoms with Crippen molar-refractivity contribution >= 4 is 5.78 Å². The molecule has 0 heterocycles. The number of ketones is 1. The molecule has 0 bridgehead atoms. The van der Waals surface area contributed by atoms with Gasteiger partial charge in [-0.05, 0) is 96.2 Å². The van der Waals surface area contributed by atoms with Gasteiger partial charge in [-0.3, -0.25) is 4.79 Å². The van der Waals surface area contributed by atoms with Gasteiger partial charge >= 0.3 is 0 Å². The molecule has 0 aromatic rings. The maximum atomic E-state index is 14.3. The van der Waals surface area contributed by atoms with Gasteiger partial charge in [-0.1, -0.05) is 41.5 Å². The van der Waals surface area contributed by atoms with Gasteiger partial charge in [-0.2, -0.15) is 5.26 Å². The number of aliphatic hydroxyl groups is 2. The van der Waals surface area contributed by atoms with Crippen LogP contribution in [0.1, 0.15) is 99.3 Å². The lowest BCUT2D eigenvalue weighted by Gasteiger charge is -2.71. The molecule has 0 saturated heterocycles. The van der Waals surface area contributed by atoms with Gasteiger partial charge in [0.25, 0.3) is 0 Å². The molecule has 4 saturated carbocycles. The van der Waals surface area contributed by atoms with Crippen molar-refractivity contribution in [1.29, 1.82) is 5.26 Å². The number of rotatable bonds is 1. The number of hydrogen-bond donors (Lipinski definition) is 2. The predicted octanol–water partition coefficient (Wildman–Crippen LogP) is 6.59. The molecule has 34 heavy (non-hydrogen) atoms. The molecule has 0 aromatic heterocycles. The van der Waals surface area contributed by atoms with Crippen molar-refractivity contribution in [3.63, 3.8) is 0 Å². The Morgan fingerprint density at radius 1 is 1.00 bits per heavy atom. The second-order valence-corrected chi connectivity index (χ2v) is 14.6. The SMILES string of the molecule is C[C@@H]1C(O)=C(C#N)C[C@]2(C)[C@H]3CC(=O)C4C5CC(C)(C)CC[C@]5(CO)CC[C@@]4(C)[C@]3(C)CC[C@@H]12. The Labute approximate surface area is 206 Å². The van der Waals surface area contributed by atoms with E-state index in [1.54, 1.807) is 0 Å². The fourth-order valence-corrected chi connectivity index (χ4v) is 10.6. The molecular weight excluding hydrogens is 422 g/mol. The number of carbonyl (C=O) groups is 1. The molecule has 0 spiro atoms. The van der Waals surface area contributed by atoms with E-state index in [2.05, 4.69) is 47.6 Å². The number of carbonyl (C=O) groups excluding carboxylic acids is 1. The smallest absolute Gasteiger partial charge is 0.137 e. The van der Waals surface area contributed by atoms with E-state index in [-0.39, 0.29) is 63.1 Å². The fraction of sp³-hybridized carbons (Fsp3) is 0.867. The minimum absolute atomic E-state index is 0.0211. The molecule has 4 nitrogen and oxygen atoms in total. The standard InChI is InChI=1S/C30H45NO3/c1-18-20-7-8-28(5)23(27(20,4)14-19(16-31)25(18)34)13-22(33)24-21-15-26(2,3)9-11-30(21,17-32)12-10-29(24,28)6/h18,20-21,23-24,32,34H,7-15,17H2,1-6H3/t18-,20-,21?,23+,24?,27-,28+,29+,30+/m0/s1. The van der Waals surface area contributed by atoms with Crippen LogP contribution >= 0.6 is 0 Å². The summed E-state index contributed by atoms with van der Waals surface area (Å²) in [7, 11) is 0. The number of nitriles is 1. The Kier molecular flexibility index (Phi) is 5.26. The first-order chi connectivity index (χ1) is 15.8. The van der Waals surface area contributed by atoms with Crippen molar-refractivity contribution in [2.75, 3.05) is 6.61 Å². The second kappa shape index (κ2) is 7.34. The Balaban J connectivity index is 1.60. The van der Waals surface area contributed by atoms with E-state index < -0.39 is 0 Å². The molecule has 4 heteroatoms. The molecular formula is C30H45NO3. The van der Waals surface area contributed by atoms with E-state index in [1.807, 2.05) is 0 Å². The third kappa shape index (κ3) is 2.89. The number of nitrogens with zero attached hydrogens (tertiary/aromatic N) is 1. The zero-order valence-corrected chi connectivity index (χ0v) is 22.2. The average molecular weight is 468 g/mol. The number of Topliss-reactive ketones (excluding diaryl/α,β-unsaturated/α-hetero) is 1. The highest BCUT2D eigenvalue weighted by molar-refractivity contribution is 5.84. The van der Waals surface area contributed by atoms with Crippen molar-refractivity contribution in [3.8, 4) is 6.07 Å². The lowest BCUT2D eigenvalue weighted by Crippen LogP contribution is -2.68. The first-order valence-electron chi connectivity index (χ1n) is 13.7. The van der Waals surface area contributed by atoms with Crippen LogP contribution in [0.5, 0.6) is 0 Å². The Morgan fingerprint density at radius 3 is 2.32 bits per heavy atom. The van der Waals surface area contributed by atoms with Gasteiger partial charge in [0.05, 0.1) is 11.6 Å². The van der Waals surface area contributed by atoms with Crippen LogP contribution in [0, 0.1) is 68.0 Å². The molecule has 9 atom stereocenters. The molecule has 4 fully saturated rings. The van der Waals surface area contributed by atoms with Crippen LogP contribution in [-0.2, 0) is 4.79 Å². The van der Waals surface area contributed by atoms with Crippen LogP contribution in [-0.4, -0.2) is 22.6 Å². The van der Waals surface area contributed by atoms with Gasteiger partial charge in [-0.15, -0.1) is 0 Å². The van der Waals surface area contributed by atoms with Gasteiger partial charge in [-0.25, -0.2) is 0 Å². The largest absolute Gasteiger partial charge is 0.511 e. The van der Waals surface area contributed by atoms with Gasteiger partial charge in [0.15, 0.2) is 0 Å². The van der Waals surface area contributed by atoms with Crippen LogP contribution in [0.2, 0.25) is 0 Å². The predicted molar refractivity (Wildman–Crippen MR) is 133 cm³/mol. The normalized spacial score (nSPS) is 52.1. The Morgan fingerprint density at radius 2 is 1.68 bits per heavy atom. The van der Waals surface area contributed by atoms with E-state index in [9.17, 15) is 20.3 Å². The highest BCUT2D eigenvalue weighted by Gasteiger charge is 2.71. The highest BCUT2D eigenvalue weighted by atomic mass is 16.3. The minimum Gasteiger partial charge on any atom is -0.511 e. The molecule has 2 N–H and O–H groups in total. The third-order valence-electron chi connectivity index (χ3n) is 12.9. The highest BCUT2D eigenvalue weighted by Crippen LogP contribution is 2.75. The van der Waals surface area contributed by atoms with E-state index in [0.29, 0.717) is 30.1 Å². The van der Waals surface area contributed by atoms with Crippen molar-refractivity contribution in [1.82, 2.24) is 0 Å². The maximum absolute atomic E-state index is 14.3. The number of aliphatic hydroxyl groups excluding tert-OH is 2. The average Bonchev–Trinajstić information content (AvgIpc) is 2.77. The molecule has 2 unspecified atom stereocenters. The van der Waals surface area contributed by atoms with Gasteiger partial charge in [0.2, 0.25) is 0 Å². The lowest BCUT2D eigenvalue weighted by molar-refractivity contribution is -0.230.